The van der Waals surface area contributed by atoms with E-state index in [-0.39, 0.29) is 17.3 Å². The third kappa shape index (κ3) is 6.05. The number of nitrogens with one attached hydrogen (secondary N) is 1. The lowest BCUT2D eigenvalue weighted by Crippen LogP contribution is -2.41. The molecule has 23 heavy (non-hydrogen) atoms. The lowest BCUT2D eigenvalue weighted by atomic mass is 9.71. The first kappa shape index (κ1) is 19.2. The molecular formula is C19H29NO3. The highest BCUT2D eigenvalue weighted by Gasteiger charge is 2.35. The summed E-state index contributed by atoms with van der Waals surface area (Å²) in [4.78, 5) is 23.5. The van der Waals surface area contributed by atoms with Gasteiger partial charge in [0.25, 0.3) is 0 Å². The van der Waals surface area contributed by atoms with E-state index in [0.717, 1.165) is 6.42 Å². The Morgan fingerprint density at radius 2 is 1.70 bits per heavy atom. The zero-order chi connectivity index (χ0) is 17.5. The van der Waals surface area contributed by atoms with Crippen molar-refractivity contribution in [3.05, 3.63) is 35.9 Å². The van der Waals surface area contributed by atoms with Crippen molar-refractivity contribution in [2.24, 2.45) is 5.41 Å². The first-order valence-corrected chi connectivity index (χ1v) is 8.10. The minimum absolute atomic E-state index is 0.0198. The second-order valence-corrected chi connectivity index (χ2v) is 7.25. The number of carbonyl (C=O) groups is 2. The van der Waals surface area contributed by atoms with Gasteiger partial charge < -0.3 is 10.1 Å². The van der Waals surface area contributed by atoms with Gasteiger partial charge in [-0.1, -0.05) is 58.0 Å². The van der Waals surface area contributed by atoms with Gasteiger partial charge in [0.15, 0.2) is 0 Å². The van der Waals surface area contributed by atoms with Crippen LogP contribution in [0.4, 0.5) is 0 Å². The Balaban J connectivity index is 2.57. The highest BCUT2D eigenvalue weighted by molar-refractivity contribution is 5.82. The highest BCUT2D eigenvalue weighted by Crippen LogP contribution is 2.36. The van der Waals surface area contributed by atoms with E-state index in [9.17, 15) is 9.59 Å². The molecule has 1 rings (SSSR count). The molecule has 0 aliphatic carbocycles. The molecule has 0 aliphatic heterocycles. The van der Waals surface area contributed by atoms with Crippen molar-refractivity contribution < 1.29 is 14.3 Å². The summed E-state index contributed by atoms with van der Waals surface area (Å²) in [6.45, 7) is 8.74. The highest BCUT2D eigenvalue weighted by atomic mass is 16.5. The average Bonchev–Trinajstić information content (AvgIpc) is 2.50. The average molecular weight is 319 g/mol. The summed E-state index contributed by atoms with van der Waals surface area (Å²) in [5.41, 5.74) is 0.658. The molecule has 0 spiro atoms. The van der Waals surface area contributed by atoms with Gasteiger partial charge in [-0.25, -0.2) is 0 Å². The van der Waals surface area contributed by atoms with E-state index < -0.39 is 5.41 Å². The van der Waals surface area contributed by atoms with Crippen molar-refractivity contribution in [3.63, 3.8) is 0 Å². The van der Waals surface area contributed by atoms with Gasteiger partial charge in [-0.15, -0.1) is 0 Å². The normalized spacial score (nSPS) is 11.9. The summed E-state index contributed by atoms with van der Waals surface area (Å²) in [6.07, 6.45) is 1.66. The fourth-order valence-electron chi connectivity index (χ4n) is 2.95. The third-order valence-electron chi connectivity index (χ3n) is 4.12. The van der Waals surface area contributed by atoms with Crippen LogP contribution in [0, 0.1) is 5.41 Å². The summed E-state index contributed by atoms with van der Waals surface area (Å²) in [5.74, 6) is -0.227. The Labute approximate surface area is 139 Å². The molecule has 0 aromatic heterocycles. The van der Waals surface area contributed by atoms with Crippen LogP contribution >= 0.6 is 0 Å². The van der Waals surface area contributed by atoms with Gasteiger partial charge in [-0.2, -0.15) is 0 Å². The number of esters is 1. The SMILES string of the molecule is COC(=O)CCCNC(=O)C(C)(C)CC(C)(C)c1ccccc1. The fraction of sp³-hybridized carbons (Fsp3) is 0.579. The molecule has 0 unspecified atom stereocenters. The monoisotopic (exact) mass is 319 g/mol. The molecule has 4 heteroatoms. The van der Waals surface area contributed by atoms with Crippen molar-refractivity contribution in [2.45, 2.75) is 52.4 Å². The molecule has 0 saturated heterocycles. The lowest BCUT2D eigenvalue weighted by molar-refractivity contribution is -0.141. The zero-order valence-corrected chi connectivity index (χ0v) is 14.9. The van der Waals surface area contributed by atoms with E-state index in [0.29, 0.717) is 19.4 Å². The van der Waals surface area contributed by atoms with Crippen molar-refractivity contribution in [2.75, 3.05) is 13.7 Å². The number of methoxy groups -OCH3 is 1. The van der Waals surface area contributed by atoms with Gasteiger partial charge in [0, 0.05) is 18.4 Å². The maximum Gasteiger partial charge on any atom is 0.305 e. The van der Waals surface area contributed by atoms with Crippen LogP contribution in [0.25, 0.3) is 0 Å². The van der Waals surface area contributed by atoms with Gasteiger partial charge >= 0.3 is 5.97 Å². The van der Waals surface area contributed by atoms with Crippen LogP contribution in [-0.4, -0.2) is 25.5 Å². The van der Waals surface area contributed by atoms with Gasteiger partial charge in [-0.3, -0.25) is 9.59 Å². The molecule has 0 bridgehead atoms. The molecule has 4 nitrogen and oxygen atoms in total. The van der Waals surface area contributed by atoms with Crippen LogP contribution in [0.1, 0.15) is 52.5 Å². The van der Waals surface area contributed by atoms with E-state index in [1.165, 1.54) is 12.7 Å². The van der Waals surface area contributed by atoms with Crippen LogP contribution in [0.2, 0.25) is 0 Å². The zero-order valence-electron chi connectivity index (χ0n) is 14.9. The largest absolute Gasteiger partial charge is 0.469 e. The molecule has 0 fully saturated rings. The predicted molar refractivity (Wildman–Crippen MR) is 92.1 cm³/mol. The molecule has 0 radical (unpaired) electrons. The molecule has 0 aliphatic rings. The number of amides is 1. The van der Waals surface area contributed by atoms with E-state index in [1.54, 1.807) is 0 Å². The predicted octanol–water partition coefficient (Wildman–Crippen LogP) is 3.45. The first-order valence-electron chi connectivity index (χ1n) is 8.10. The summed E-state index contributed by atoms with van der Waals surface area (Å²) in [7, 11) is 1.37. The summed E-state index contributed by atoms with van der Waals surface area (Å²) < 4.78 is 4.59. The fourth-order valence-corrected chi connectivity index (χ4v) is 2.95. The number of hydrogen-bond donors (Lipinski definition) is 1. The minimum Gasteiger partial charge on any atom is -0.469 e. The van der Waals surface area contributed by atoms with Gasteiger partial charge in [-0.05, 0) is 23.8 Å². The topological polar surface area (TPSA) is 55.4 Å². The first-order chi connectivity index (χ1) is 10.7. The second-order valence-electron chi connectivity index (χ2n) is 7.25. The Kier molecular flexibility index (Phi) is 6.79. The smallest absolute Gasteiger partial charge is 0.305 e. The lowest BCUT2D eigenvalue weighted by Gasteiger charge is -2.34. The van der Waals surface area contributed by atoms with Gasteiger partial charge in [0.1, 0.15) is 0 Å². The van der Waals surface area contributed by atoms with E-state index in [2.05, 4.69) is 36.0 Å². The Morgan fingerprint density at radius 3 is 2.26 bits per heavy atom. The minimum atomic E-state index is -0.482. The molecule has 1 amide bonds. The van der Waals surface area contributed by atoms with Gasteiger partial charge in [0.2, 0.25) is 5.91 Å². The molecular weight excluding hydrogens is 290 g/mol. The van der Waals surface area contributed by atoms with E-state index >= 15 is 0 Å². The molecule has 0 saturated carbocycles. The maximum absolute atomic E-state index is 12.5. The maximum atomic E-state index is 12.5. The van der Waals surface area contributed by atoms with Crippen LogP contribution in [0.15, 0.2) is 30.3 Å². The molecule has 1 aromatic carbocycles. The Hall–Kier alpha value is -1.84. The number of rotatable bonds is 8. The van der Waals surface area contributed by atoms with Crippen molar-refractivity contribution in [1.82, 2.24) is 5.32 Å². The summed E-state index contributed by atoms with van der Waals surface area (Å²) >= 11 is 0. The van der Waals surface area contributed by atoms with Crippen LogP contribution in [0.5, 0.6) is 0 Å². The van der Waals surface area contributed by atoms with E-state index in [1.807, 2.05) is 32.0 Å². The molecule has 0 heterocycles. The Morgan fingerprint density at radius 1 is 1.09 bits per heavy atom. The standard InChI is InChI=1S/C19H29NO3/c1-18(2,15-10-7-6-8-11-15)14-19(3,4)17(22)20-13-9-12-16(21)23-5/h6-8,10-11H,9,12-14H2,1-5H3,(H,20,22). The van der Waals surface area contributed by atoms with E-state index in [4.69, 9.17) is 0 Å². The van der Waals surface area contributed by atoms with Crippen molar-refractivity contribution in [1.29, 1.82) is 0 Å². The molecule has 1 N–H and O–H groups in total. The summed E-state index contributed by atoms with van der Waals surface area (Å²) in [5, 5.41) is 2.93. The summed E-state index contributed by atoms with van der Waals surface area (Å²) in [6, 6.07) is 10.3. The Bertz CT molecular complexity index is 521. The molecule has 0 atom stereocenters. The quantitative estimate of drug-likeness (QED) is 0.590. The van der Waals surface area contributed by atoms with Crippen molar-refractivity contribution in [3.8, 4) is 0 Å². The van der Waals surface area contributed by atoms with Crippen molar-refractivity contribution >= 4 is 11.9 Å². The van der Waals surface area contributed by atoms with Crippen LogP contribution in [0.3, 0.4) is 0 Å². The van der Waals surface area contributed by atoms with Crippen LogP contribution < -0.4 is 5.32 Å². The molecule has 128 valence electrons. The molecule has 1 aromatic rings. The van der Waals surface area contributed by atoms with Gasteiger partial charge in [0.05, 0.1) is 7.11 Å². The third-order valence-corrected chi connectivity index (χ3v) is 4.12. The second kappa shape index (κ2) is 8.14. The number of hydrogen-bond acceptors (Lipinski definition) is 3. The number of benzene rings is 1. The number of carbonyl (C=O) groups excluding carboxylic acids is 2. The van der Waals surface area contributed by atoms with Crippen LogP contribution in [-0.2, 0) is 19.7 Å². The number of ether oxygens (including phenoxy) is 1.